The van der Waals surface area contributed by atoms with Crippen molar-refractivity contribution in [3.8, 4) is 0 Å². The zero-order chi connectivity index (χ0) is 12.5. The standard InChI is InChI=1S/C11H8F3NO2/c12-11(13,14)8-3-4-10(16)15(6-8)9-2-1-5-17-7-9/h1-4,6-7H,5H2. The molecule has 1 aromatic rings. The molecule has 90 valence electrons. The van der Waals surface area contributed by atoms with Gasteiger partial charge in [0.25, 0.3) is 5.56 Å². The number of aromatic nitrogens is 1. The predicted octanol–water partition coefficient (Wildman–Crippen LogP) is 2.25. The van der Waals surface area contributed by atoms with E-state index in [1.807, 2.05) is 0 Å². The molecule has 0 radical (unpaired) electrons. The summed E-state index contributed by atoms with van der Waals surface area (Å²) < 4.78 is 43.3. The van der Waals surface area contributed by atoms with Gasteiger partial charge in [-0.2, -0.15) is 13.2 Å². The fraction of sp³-hybridized carbons (Fsp3) is 0.182. The van der Waals surface area contributed by atoms with Crippen molar-refractivity contribution in [1.29, 1.82) is 0 Å². The molecule has 0 bridgehead atoms. The van der Waals surface area contributed by atoms with Crippen molar-refractivity contribution in [3.63, 3.8) is 0 Å². The third kappa shape index (κ3) is 2.41. The molecule has 1 aliphatic rings. The van der Waals surface area contributed by atoms with Gasteiger partial charge in [0.05, 0.1) is 11.3 Å². The maximum atomic E-state index is 12.5. The number of pyridine rings is 1. The van der Waals surface area contributed by atoms with E-state index >= 15 is 0 Å². The molecule has 0 unspecified atom stereocenters. The number of ether oxygens (including phenoxy) is 1. The van der Waals surface area contributed by atoms with E-state index in [1.54, 1.807) is 6.08 Å². The molecule has 17 heavy (non-hydrogen) atoms. The lowest BCUT2D eigenvalue weighted by Gasteiger charge is -2.13. The molecule has 0 saturated heterocycles. The van der Waals surface area contributed by atoms with Gasteiger partial charge in [0.1, 0.15) is 12.9 Å². The largest absolute Gasteiger partial charge is 0.495 e. The molecule has 0 amide bonds. The van der Waals surface area contributed by atoms with Gasteiger partial charge in [0.15, 0.2) is 0 Å². The smallest absolute Gasteiger partial charge is 0.417 e. The molecular weight excluding hydrogens is 235 g/mol. The van der Waals surface area contributed by atoms with Crippen molar-refractivity contribution >= 4 is 5.70 Å². The number of hydrogen-bond acceptors (Lipinski definition) is 2. The first kappa shape index (κ1) is 11.5. The van der Waals surface area contributed by atoms with Gasteiger partial charge in [-0.1, -0.05) is 0 Å². The summed E-state index contributed by atoms with van der Waals surface area (Å²) in [6.45, 7) is 0.344. The Morgan fingerprint density at radius 1 is 1.29 bits per heavy atom. The highest BCUT2D eigenvalue weighted by Gasteiger charge is 2.31. The molecule has 2 rings (SSSR count). The van der Waals surface area contributed by atoms with E-state index in [9.17, 15) is 18.0 Å². The van der Waals surface area contributed by atoms with Gasteiger partial charge in [0.2, 0.25) is 0 Å². The highest BCUT2D eigenvalue weighted by atomic mass is 19.4. The van der Waals surface area contributed by atoms with Crippen LogP contribution in [0.1, 0.15) is 5.56 Å². The van der Waals surface area contributed by atoms with Gasteiger partial charge in [-0.15, -0.1) is 0 Å². The van der Waals surface area contributed by atoms with Gasteiger partial charge in [-0.25, -0.2) is 0 Å². The van der Waals surface area contributed by atoms with E-state index in [1.165, 1.54) is 12.3 Å². The van der Waals surface area contributed by atoms with Crippen molar-refractivity contribution in [2.45, 2.75) is 6.18 Å². The van der Waals surface area contributed by atoms with E-state index in [-0.39, 0.29) is 5.70 Å². The van der Waals surface area contributed by atoms with Crippen LogP contribution >= 0.6 is 0 Å². The number of halogens is 3. The second kappa shape index (κ2) is 4.12. The molecule has 0 aromatic carbocycles. The second-order valence-corrected chi connectivity index (χ2v) is 3.40. The SMILES string of the molecule is O=c1ccc(C(F)(F)F)cn1C1=COCC=C1. The molecule has 2 heterocycles. The quantitative estimate of drug-likeness (QED) is 0.757. The third-order valence-corrected chi connectivity index (χ3v) is 2.20. The summed E-state index contributed by atoms with van der Waals surface area (Å²) in [5.74, 6) is 0. The summed E-state index contributed by atoms with van der Waals surface area (Å²) in [7, 11) is 0. The zero-order valence-corrected chi connectivity index (χ0v) is 8.57. The Morgan fingerprint density at radius 2 is 2.06 bits per heavy atom. The molecule has 6 heteroatoms. The normalized spacial score (nSPS) is 15.4. The lowest BCUT2D eigenvalue weighted by atomic mass is 10.2. The fourth-order valence-corrected chi connectivity index (χ4v) is 1.39. The Hall–Kier alpha value is -1.98. The van der Waals surface area contributed by atoms with Crippen molar-refractivity contribution < 1.29 is 17.9 Å². The van der Waals surface area contributed by atoms with Gasteiger partial charge in [-0.3, -0.25) is 9.36 Å². The number of allylic oxidation sites excluding steroid dienone is 2. The summed E-state index contributed by atoms with van der Waals surface area (Å²) in [4.78, 5) is 11.5. The van der Waals surface area contributed by atoms with E-state index in [0.29, 0.717) is 6.61 Å². The second-order valence-electron chi connectivity index (χ2n) is 3.40. The Labute approximate surface area is 94.4 Å². The maximum Gasteiger partial charge on any atom is 0.417 e. The minimum Gasteiger partial charge on any atom is -0.495 e. The summed E-state index contributed by atoms with van der Waals surface area (Å²) in [5.41, 5.74) is -1.15. The Morgan fingerprint density at radius 3 is 2.65 bits per heavy atom. The monoisotopic (exact) mass is 243 g/mol. The number of rotatable bonds is 1. The average Bonchev–Trinajstić information content (AvgIpc) is 2.29. The number of alkyl halides is 3. The van der Waals surface area contributed by atoms with Gasteiger partial charge in [0, 0.05) is 12.3 Å². The zero-order valence-electron chi connectivity index (χ0n) is 8.57. The van der Waals surface area contributed by atoms with Crippen LogP contribution < -0.4 is 5.56 Å². The van der Waals surface area contributed by atoms with Crippen LogP contribution in [0.15, 0.2) is 41.5 Å². The fourth-order valence-electron chi connectivity index (χ4n) is 1.39. The van der Waals surface area contributed by atoms with E-state index in [4.69, 9.17) is 4.74 Å². The van der Waals surface area contributed by atoms with Crippen molar-refractivity contribution in [1.82, 2.24) is 4.57 Å². The van der Waals surface area contributed by atoms with Gasteiger partial charge < -0.3 is 4.74 Å². The highest BCUT2D eigenvalue weighted by molar-refractivity contribution is 5.57. The lowest BCUT2D eigenvalue weighted by molar-refractivity contribution is -0.137. The molecule has 0 fully saturated rings. The summed E-state index contributed by atoms with van der Waals surface area (Å²) >= 11 is 0. The van der Waals surface area contributed by atoms with E-state index in [0.717, 1.165) is 22.9 Å². The first-order valence-electron chi connectivity index (χ1n) is 4.77. The van der Waals surface area contributed by atoms with Crippen LogP contribution in [0.5, 0.6) is 0 Å². The van der Waals surface area contributed by atoms with Gasteiger partial charge >= 0.3 is 6.18 Å². The Balaban J connectivity index is 2.50. The summed E-state index contributed by atoms with van der Waals surface area (Å²) in [5, 5.41) is 0. The first-order valence-corrected chi connectivity index (χ1v) is 4.77. The minimum atomic E-state index is -4.48. The van der Waals surface area contributed by atoms with Crippen LogP contribution in [-0.2, 0) is 10.9 Å². The van der Waals surface area contributed by atoms with Crippen LogP contribution in [0.2, 0.25) is 0 Å². The maximum absolute atomic E-state index is 12.5. The van der Waals surface area contributed by atoms with Crippen LogP contribution in [0.25, 0.3) is 5.70 Å². The molecule has 3 nitrogen and oxygen atoms in total. The van der Waals surface area contributed by atoms with Crippen LogP contribution in [-0.4, -0.2) is 11.2 Å². The predicted molar refractivity (Wildman–Crippen MR) is 55.1 cm³/mol. The minimum absolute atomic E-state index is 0.271. The Kier molecular flexibility index (Phi) is 2.79. The summed E-state index contributed by atoms with van der Waals surface area (Å²) in [6.07, 6.45) is 0.678. The van der Waals surface area contributed by atoms with E-state index in [2.05, 4.69) is 0 Å². The number of nitrogens with zero attached hydrogens (tertiary/aromatic N) is 1. The molecule has 0 spiro atoms. The Bertz CT molecular complexity index is 540. The molecule has 1 aliphatic heterocycles. The molecule has 0 aliphatic carbocycles. The van der Waals surface area contributed by atoms with Crippen molar-refractivity contribution in [2.24, 2.45) is 0 Å². The first-order chi connectivity index (χ1) is 7.98. The van der Waals surface area contributed by atoms with E-state index < -0.39 is 17.3 Å². The molecular formula is C11H8F3NO2. The molecule has 0 N–H and O–H groups in total. The van der Waals surface area contributed by atoms with Gasteiger partial charge in [-0.05, 0) is 18.2 Å². The molecule has 0 atom stereocenters. The average molecular weight is 243 g/mol. The van der Waals surface area contributed by atoms with Crippen LogP contribution in [0.4, 0.5) is 13.2 Å². The third-order valence-electron chi connectivity index (χ3n) is 2.20. The van der Waals surface area contributed by atoms with Crippen molar-refractivity contribution in [3.05, 3.63) is 52.7 Å². The topological polar surface area (TPSA) is 31.2 Å². The van der Waals surface area contributed by atoms with Crippen LogP contribution in [0, 0.1) is 0 Å². The highest BCUT2D eigenvalue weighted by Crippen LogP contribution is 2.28. The molecule has 0 saturated carbocycles. The lowest BCUT2D eigenvalue weighted by Crippen LogP contribution is -2.21. The summed E-state index contributed by atoms with van der Waals surface area (Å²) in [6, 6.07) is 1.64. The number of hydrogen-bond donors (Lipinski definition) is 0. The van der Waals surface area contributed by atoms with Crippen molar-refractivity contribution in [2.75, 3.05) is 6.61 Å². The van der Waals surface area contributed by atoms with Crippen LogP contribution in [0.3, 0.4) is 0 Å². The molecule has 1 aromatic heterocycles.